The molecule has 0 unspecified atom stereocenters. The fourth-order valence-corrected chi connectivity index (χ4v) is 5.94. The zero-order valence-electron chi connectivity index (χ0n) is 12.8. The third-order valence-corrected chi connectivity index (χ3v) is 7.79. The Morgan fingerprint density at radius 2 is 2.12 bits per heavy atom. The van der Waals surface area contributed by atoms with E-state index in [0.29, 0.717) is 31.0 Å². The van der Waals surface area contributed by atoms with Crippen molar-refractivity contribution in [3.8, 4) is 0 Å². The molecule has 1 aromatic heterocycles. The van der Waals surface area contributed by atoms with E-state index in [1.807, 2.05) is 0 Å². The maximum Gasteiger partial charge on any atom is 0.335 e. The van der Waals surface area contributed by atoms with Crippen molar-refractivity contribution in [3.05, 3.63) is 40.5 Å². The number of carboxylic acid groups (broad SMARTS) is 1. The Labute approximate surface area is 143 Å². The Hall–Kier alpha value is -1.93. The fourth-order valence-electron chi connectivity index (χ4n) is 2.96. The van der Waals surface area contributed by atoms with Crippen LogP contribution < -0.4 is 4.31 Å². The van der Waals surface area contributed by atoms with Gasteiger partial charge in [0.2, 0.25) is 0 Å². The van der Waals surface area contributed by atoms with Crippen molar-refractivity contribution < 1.29 is 18.3 Å². The first kappa shape index (κ1) is 15.6. The number of rotatable bonds is 4. The van der Waals surface area contributed by atoms with Crippen molar-refractivity contribution in [1.82, 2.24) is 4.98 Å². The largest absolute Gasteiger partial charge is 0.478 e. The van der Waals surface area contributed by atoms with E-state index in [1.54, 1.807) is 12.1 Å². The van der Waals surface area contributed by atoms with E-state index < -0.39 is 16.0 Å². The van der Waals surface area contributed by atoms with E-state index in [-0.39, 0.29) is 9.77 Å². The van der Waals surface area contributed by atoms with Gasteiger partial charge in [-0.1, -0.05) is 0 Å². The van der Waals surface area contributed by atoms with E-state index in [9.17, 15) is 13.2 Å². The highest BCUT2D eigenvalue weighted by Crippen LogP contribution is 2.43. The van der Waals surface area contributed by atoms with Crippen LogP contribution in [0.3, 0.4) is 0 Å². The minimum Gasteiger partial charge on any atom is -0.478 e. The predicted molar refractivity (Wildman–Crippen MR) is 90.3 cm³/mol. The average Bonchev–Trinajstić information content (AvgIpc) is 3.30. The molecule has 126 valence electrons. The van der Waals surface area contributed by atoms with Gasteiger partial charge in [0.05, 0.1) is 22.5 Å². The summed E-state index contributed by atoms with van der Waals surface area (Å²) in [5, 5.41) is 10.0. The van der Waals surface area contributed by atoms with Gasteiger partial charge in [-0.05, 0) is 49.4 Å². The van der Waals surface area contributed by atoms with Crippen LogP contribution in [-0.4, -0.2) is 31.0 Å². The second-order valence-electron chi connectivity index (χ2n) is 6.12. The van der Waals surface area contributed by atoms with Crippen molar-refractivity contribution >= 4 is 33.0 Å². The van der Waals surface area contributed by atoms with Gasteiger partial charge in [-0.25, -0.2) is 18.2 Å². The van der Waals surface area contributed by atoms with Gasteiger partial charge in [-0.2, -0.15) is 0 Å². The molecule has 0 bridgehead atoms. The molecule has 1 N–H and O–H groups in total. The summed E-state index contributed by atoms with van der Waals surface area (Å²) < 4.78 is 27.7. The molecule has 1 fully saturated rings. The molecule has 24 heavy (non-hydrogen) atoms. The zero-order valence-corrected chi connectivity index (χ0v) is 14.4. The molecule has 1 aromatic carbocycles. The van der Waals surface area contributed by atoms with Gasteiger partial charge in [0.1, 0.15) is 0 Å². The number of carbonyl (C=O) groups is 1. The van der Waals surface area contributed by atoms with Gasteiger partial charge >= 0.3 is 5.97 Å². The molecule has 0 amide bonds. The first-order valence-electron chi connectivity index (χ1n) is 7.81. The van der Waals surface area contributed by atoms with Crippen molar-refractivity contribution in [1.29, 1.82) is 0 Å². The third-order valence-electron chi connectivity index (χ3n) is 4.38. The molecular formula is C16H16N2O4S2. The quantitative estimate of drug-likeness (QED) is 0.901. The summed E-state index contributed by atoms with van der Waals surface area (Å²) in [4.78, 5) is 15.4. The number of benzene rings is 1. The lowest BCUT2D eigenvalue weighted by Gasteiger charge is -2.30. The molecule has 0 saturated heterocycles. The van der Waals surface area contributed by atoms with E-state index in [2.05, 4.69) is 4.98 Å². The molecular weight excluding hydrogens is 348 g/mol. The molecule has 1 saturated carbocycles. The van der Waals surface area contributed by atoms with E-state index in [0.717, 1.165) is 23.4 Å². The maximum atomic E-state index is 13.0. The minimum absolute atomic E-state index is 0.182. The SMILES string of the molecule is O=C(O)c1ccc2c(c1)CCCN2S(=O)(=O)c1cnc(C2CC2)s1. The first-order valence-corrected chi connectivity index (χ1v) is 10.1. The Morgan fingerprint density at radius 1 is 1.33 bits per heavy atom. The number of aromatic nitrogens is 1. The molecule has 1 aliphatic carbocycles. The lowest BCUT2D eigenvalue weighted by atomic mass is 10.0. The standard InChI is InChI=1S/C16H16N2O4S2/c19-16(20)12-5-6-13-11(8-12)2-1-7-18(13)24(21,22)14-9-17-15(23-14)10-3-4-10/h5-6,8-10H,1-4,7H2,(H,19,20). The molecule has 6 nitrogen and oxygen atoms in total. The maximum absolute atomic E-state index is 13.0. The number of nitrogens with zero attached hydrogens (tertiary/aromatic N) is 2. The topological polar surface area (TPSA) is 87.6 Å². The summed E-state index contributed by atoms with van der Waals surface area (Å²) in [5.41, 5.74) is 1.52. The second-order valence-corrected chi connectivity index (χ2v) is 9.27. The normalized spacial score (nSPS) is 17.6. The van der Waals surface area contributed by atoms with Gasteiger partial charge in [0, 0.05) is 12.5 Å². The number of aromatic carboxylic acids is 1. The summed E-state index contributed by atoms with van der Waals surface area (Å²) in [7, 11) is -3.65. The summed E-state index contributed by atoms with van der Waals surface area (Å²) >= 11 is 1.25. The van der Waals surface area contributed by atoms with E-state index in [1.165, 1.54) is 27.9 Å². The predicted octanol–water partition coefficient (Wildman–Crippen LogP) is 2.86. The van der Waals surface area contributed by atoms with Crippen molar-refractivity contribution in [2.75, 3.05) is 10.8 Å². The number of hydrogen-bond acceptors (Lipinski definition) is 5. The zero-order chi connectivity index (χ0) is 16.9. The smallest absolute Gasteiger partial charge is 0.335 e. The molecule has 0 atom stereocenters. The van der Waals surface area contributed by atoms with Gasteiger partial charge < -0.3 is 5.11 Å². The van der Waals surface area contributed by atoms with Crippen molar-refractivity contribution in [2.24, 2.45) is 0 Å². The molecule has 2 heterocycles. The average molecular weight is 364 g/mol. The lowest BCUT2D eigenvalue weighted by Crippen LogP contribution is -2.35. The van der Waals surface area contributed by atoms with E-state index in [4.69, 9.17) is 5.11 Å². The number of hydrogen-bond donors (Lipinski definition) is 1. The molecule has 2 aliphatic rings. The number of fused-ring (bicyclic) bond motifs is 1. The van der Waals surface area contributed by atoms with Crippen LogP contribution in [0.5, 0.6) is 0 Å². The number of sulfonamides is 1. The van der Waals surface area contributed by atoms with Crippen LogP contribution in [0.2, 0.25) is 0 Å². The molecule has 2 aromatic rings. The second kappa shape index (κ2) is 5.56. The van der Waals surface area contributed by atoms with Gasteiger partial charge in [0.25, 0.3) is 10.0 Å². The number of anilines is 1. The van der Waals surface area contributed by atoms with Crippen LogP contribution in [-0.2, 0) is 16.4 Å². The van der Waals surface area contributed by atoms with Gasteiger partial charge in [-0.3, -0.25) is 4.31 Å². The van der Waals surface area contributed by atoms with Crippen molar-refractivity contribution in [2.45, 2.75) is 35.8 Å². The lowest BCUT2D eigenvalue weighted by molar-refractivity contribution is 0.0696. The minimum atomic E-state index is -3.65. The highest BCUT2D eigenvalue weighted by atomic mass is 32.2. The third kappa shape index (κ3) is 2.59. The van der Waals surface area contributed by atoms with Crippen LogP contribution in [0.15, 0.2) is 28.6 Å². The van der Waals surface area contributed by atoms with Crippen LogP contribution in [0.25, 0.3) is 0 Å². The molecule has 0 spiro atoms. The Balaban J connectivity index is 1.72. The monoisotopic (exact) mass is 364 g/mol. The number of aryl methyl sites for hydroxylation is 1. The van der Waals surface area contributed by atoms with Crippen LogP contribution >= 0.6 is 11.3 Å². The number of carboxylic acids is 1. The fraction of sp³-hybridized carbons (Fsp3) is 0.375. The summed E-state index contributed by atoms with van der Waals surface area (Å²) in [6.45, 7) is 0.401. The Kier molecular flexibility index (Phi) is 3.61. The molecule has 4 rings (SSSR count). The van der Waals surface area contributed by atoms with Gasteiger partial charge in [0.15, 0.2) is 4.21 Å². The Morgan fingerprint density at radius 3 is 2.83 bits per heavy atom. The highest BCUT2D eigenvalue weighted by molar-refractivity contribution is 7.94. The Bertz CT molecular complexity index is 916. The van der Waals surface area contributed by atoms with Crippen LogP contribution in [0.4, 0.5) is 5.69 Å². The first-order chi connectivity index (χ1) is 11.5. The highest BCUT2D eigenvalue weighted by Gasteiger charge is 2.33. The van der Waals surface area contributed by atoms with Crippen molar-refractivity contribution in [3.63, 3.8) is 0 Å². The van der Waals surface area contributed by atoms with E-state index >= 15 is 0 Å². The number of thiazole rings is 1. The molecule has 8 heteroatoms. The molecule has 1 aliphatic heterocycles. The summed E-state index contributed by atoms with van der Waals surface area (Å²) in [5.74, 6) is -0.583. The van der Waals surface area contributed by atoms with Crippen LogP contribution in [0, 0.1) is 0 Å². The van der Waals surface area contributed by atoms with Crippen LogP contribution in [0.1, 0.15) is 46.1 Å². The summed E-state index contributed by atoms with van der Waals surface area (Å²) in [6.07, 6.45) is 4.96. The molecule has 0 radical (unpaired) electrons. The van der Waals surface area contributed by atoms with Gasteiger partial charge in [-0.15, -0.1) is 11.3 Å². The summed E-state index contributed by atoms with van der Waals surface area (Å²) in [6, 6.07) is 4.62.